The Kier molecular flexibility index (Phi) is 6.12. The van der Waals surface area contributed by atoms with E-state index in [1.165, 1.54) is 43.8 Å². The maximum atomic E-state index is 4.05. The predicted molar refractivity (Wildman–Crippen MR) is 139 cm³/mol. The maximum Gasteiger partial charge on any atom is 0.0544 e. The molecule has 1 nitrogen and oxygen atoms in total. The second-order valence-corrected chi connectivity index (χ2v) is 7.25. The fourth-order valence-electron chi connectivity index (χ4n) is 4.44. The highest BCUT2D eigenvalue weighted by molar-refractivity contribution is 6.15. The molecule has 4 aromatic rings. The van der Waals surface area contributed by atoms with Crippen LogP contribution < -0.4 is 0 Å². The van der Waals surface area contributed by atoms with Gasteiger partial charge in [-0.2, -0.15) is 0 Å². The minimum Gasteiger partial charge on any atom is -0.354 e. The van der Waals surface area contributed by atoms with Crippen molar-refractivity contribution in [2.45, 2.75) is 34.6 Å². The van der Waals surface area contributed by atoms with E-state index in [0.717, 1.165) is 22.2 Å². The van der Waals surface area contributed by atoms with E-state index in [1.807, 2.05) is 39.0 Å². The summed E-state index contributed by atoms with van der Waals surface area (Å²) in [6, 6.07) is 8.96. The number of aromatic nitrogens is 1. The van der Waals surface area contributed by atoms with Crippen molar-refractivity contribution in [2.24, 2.45) is 0 Å². The van der Waals surface area contributed by atoms with Crippen molar-refractivity contribution in [2.75, 3.05) is 0 Å². The highest BCUT2D eigenvalue weighted by Gasteiger charge is 2.15. The van der Waals surface area contributed by atoms with Gasteiger partial charge in [-0.25, -0.2) is 0 Å². The third kappa shape index (κ3) is 3.11. The molecule has 0 fully saturated rings. The molecule has 0 saturated heterocycles. The predicted octanol–water partition coefficient (Wildman–Crippen LogP) is 9.08. The van der Waals surface area contributed by atoms with Gasteiger partial charge in [-0.1, -0.05) is 76.1 Å². The number of hydrogen-bond acceptors (Lipinski definition) is 0. The smallest absolute Gasteiger partial charge is 0.0544 e. The first-order chi connectivity index (χ1) is 14.5. The molecule has 0 saturated carbocycles. The van der Waals surface area contributed by atoms with E-state index < -0.39 is 0 Å². The fraction of sp³-hybridized carbons (Fsp3) is 0.172. The summed E-state index contributed by atoms with van der Waals surface area (Å²) in [7, 11) is 0. The van der Waals surface area contributed by atoms with E-state index in [1.54, 1.807) is 0 Å². The van der Waals surface area contributed by atoms with Gasteiger partial charge in [-0.3, -0.25) is 0 Å². The third-order valence-corrected chi connectivity index (χ3v) is 5.85. The van der Waals surface area contributed by atoms with Gasteiger partial charge in [0.25, 0.3) is 0 Å². The maximum absolute atomic E-state index is 4.05. The lowest BCUT2D eigenvalue weighted by molar-refractivity contribution is 1.41. The number of rotatable bonds is 4. The quantitative estimate of drug-likeness (QED) is 0.356. The highest BCUT2D eigenvalue weighted by Crippen LogP contribution is 2.37. The number of H-pyrrole nitrogens is 1. The SMILES string of the molecule is C=Cc1c(C=C)c(C)c2cc3c(cc2c1C)[nH]c1c(C=C)c(/C=C\C)ccc13.CC. The lowest BCUT2D eigenvalue weighted by Gasteiger charge is -2.15. The van der Waals surface area contributed by atoms with Crippen LogP contribution in [0.2, 0.25) is 0 Å². The van der Waals surface area contributed by atoms with Gasteiger partial charge in [0.1, 0.15) is 0 Å². The van der Waals surface area contributed by atoms with Gasteiger partial charge in [0, 0.05) is 21.9 Å². The van der Waals surface area contributed by atoms with Crippen molar-refractivity contribution in [3.05, 3.63) is 83.5 Å². The minimum atomic E-state index is 1.14. The summed E-state index contributed by atoms with van der Waals surface area (Å²) in [5.74, 6) is 0. The molecular weight excluding hydrogens is 362 g/mol. The van der Waals surface area contributed by atoms with Crippen LogP contribution in [-0.2, 0) is 0 Å². The molecule has 1 N–H and O–H groups in total. The summed E-state index contributed by atoms with van der Waals surface area (Å²) in [5, 5.41) is 4.99. The average molecular weight is 394 g/mol. The molecule has 0 radical (unpaired) electrons. The molecular formula is C29H31N. The number of benzene rings is 3. The van der Waals surface area contributed by atoms with Crippen LogP contribution in [0.15, 0.2) is 50.1 Å². The first-order valence-electron chi connectivity index (χ1n) is 10.6. The largest absolute Gasteiger partial charge is 0.354 e. The summed E-state index contributed by atoms with van der Waals surface area (Å²) in [5.41, 5.74) is 9.42. The molecule has 0 aliphatic rings. The van der Waals surface area contributed by atoms with Crippen LogP contribution in [0.4, 0.5) is 0 Å². The van der Waals surface area contributed by atoms with E-state index in [2.05, 4.69) is 75.0 Å². The Hall–Kier alpha value is -3.32. The number of allylic oxidation sites excluding steroid dienone is 1. The second kappa shape index (κ2) is 8.59. The molecule has 0 aliphatic carbocycles. The summed E-state index contributed by atoms with van der Waals surface area (Å²) < 4.78 is 0. The molecule has 0 aliphatic heterocycles. The standard InChI is InChI=1S/C27H25N.C2H6/c1-7-11-18-12-13-22-25-14-23-16(5)19(8-2)20(9-3)17(6)24(23)15-26(25)28-27(22)21(18)10-4;1-2/h7-15,28H,2-4H2,1,5-6H3;1-2H3/b11-7-;. The van der Waals surface area contributed by atoms with Crippen LogP contribution in [-0.4, -0.2) is 4.98 Å². The van der Waals surface area contributed by atoms with Gasteiger partial charge < -0.3 is 4.98 Å². The molecule has 152 valence electrons. The van der Waals surface area contributed by atoms with Gasteiger partial charge in [0.05, 0.1) is 5.52 Å². The Morgan fingerprint density at radius 1 is 0.733 bits per heavy atom. The molecule has 30 heavy (non-hydrogen) atoms. The number of aromatic amines is 1. The van der Waals surface area contributed by atoms with Crippen molar-refractivity contribution in [1.82, 2.24) is 4.98 Å². The van der Waals surface area contributed by atoms with E-state index in [0.29, 0.717) is 0 Å². The van der Waals surface area contributed by atoms with Crippen molar-refractivity contribution in [1.29, 1.82) is 0 Å². The summed E-state index contributed by atoms with van der Waals surface area (Å²) in [6.07, 6.45) is 10.0. The normalized spacial score (nSPS) is 11.1. The molecule has 1 aromatic heterocycles. The van der Waals surface area contributed by atoms with Crippen molar-refractivity contribution in [3.63, 3.8) is 0 Å². The molecule has 0 unspecified atom stereocenters. The summed E-state index contributed by atoms with van der Waals surface area (Å²) in [6.45, 7) is 22.5. The van der Waals surface area contributed by atoms with Gasteiger partial charge in [-0.15, -0.1) is 0 Å². The average Bonchev–Trinajstić information content (AvgIpc) is 3.14. The van der Waals surface area contributed by atoms with Crippen LogP contribution >= 0.6 is 0 Å². The molecule has 4 rings (SSSR count). The molecule has 0 atom stereocenters. The molecule has 1 heteroatoms. The lowest BCUT2D eigenvalue weighted by atomic mass is 9.89. The van der Waals surface area contributed by atoms with Crippen molar-refractivity contribution >= 4 is 56.9 Å². The Bertz CT molecular complexity index is 1330. The second-order valence-electron chi connectivity index (χ2n) is 7.25. The van der Waals surface area contributed by atoms with Crippen LogP contribution in [0.5, 0.6) is 0 Å². The molecule has 0 bridgehead atoms. The van der Waals surface area contributed by atoms with Crippen molar-refractivity contribution in [3.8, 4) is 0 Å². The van der Waals surface area contributed by atoms with Crippen LogP contribution in [0.25, 0.3) is 56.9 Å². The van der Waals surface area contributed by atoms with Gasteiger partial charge >= 0.3 is 0 Å². The Morgan fingerprint density at radius 2 is 1.30 bits per heavy atom. The van der Waals surface area contributed by atoms with E-state index in [-0.39, 0.29) is 0 Å². The van der Waals surface area contributed by atoms with Crippen molar-refractivity contribution < 1.29 is 0 Å². The number of hydrogen-bond donors (Lipinski definition) is 1. The number of fused-ring (bicyclic) bond motifs is 4. The highest BCUT2D eigenvalue weighted by atomic mass is 14.7. The molecule has 0 spiro atoms. The lowest BCUT2D eigenvalue weighted by Crippen LogP contribution is -1.94. The van der Waals surface area contributed by atoms with Crippen LogP contribution in [0, 0.1) is 13.8 Å². The first-order valence-corrected chi connectivity index (χ1v) is 10.6. The Labute approximate surface area is 180 Å². The molecule has 0 amide bonds. The zero-order valence-corrected chi connectivity index (χ0v) is 18.8. The third-order valence-electron chi connectivity index (χ3n) is 5.85. The monoisotopic (exact) mass is 393 g/mol. The topological polar surface area (TPSA) is 15.8 Å². The summed E-state index contributed by atoms with van der Waals surface area (Å²) >= 11 is 0. The zero-order chi connectivity index (χ0) is 22.0. The number of nitrogens with one attached hydrogen (secondary N) is 1. The van der Waals surface area contributed by atoms with E-state index >= 15 is 0 Å². The Morgan fingerprint density at radius 3 is 1.83 bits per heavy atom. The van der Waals surface area contributed by atoms with Crippen LogP contribution in [0.1, 0.15) is 54.2 Å². The first kappa shape index (κ1) is 21.4. The molecule has 1 heterocycles. The minimum absolute atomic E-state index is 1.14. The van der Waals surface area contributed by atoms with E-state index in [4.69, 9.17) is 0 Å². The zero-order valence-electron chi connectivity index (χ0n) is 18.8. The molecule has 3 aromatic carbocycles. The van der Waals surface area contributed by atoms with Gasteiger partial charge in [0.15, 0.2) is 0 Å². The van der Waals surface area contributed by atoms with E-state index in [9.17, 15) is 0 Å². The van der Waals surface area contributed by atoms with Gasteiger partial charge in [-0.05, 0) is 71.5 Å². The van der Waals surface area contributed by atoms with Crippen LogP contribution in [0.3, 0.4) is 0 Å². The number of aryl methyl sites for hydroxylation is 2. The Balaban J connectivity index is 0.00000124. The van der Waals surface area contributed by atoms with Gasteiger partial charge in [0.2, 0.25) is 0 Å². The fourth-order valence-corrected chi connectivity index (χ4v) is 4.44. The summed E-state index contributed by atoms with van der Waals surface area (Å²) in [4.78, 5) is 3.65.